The van der Waals surface area contributed by atoms with Crippen LogP contribution in [-0.4, -0.2) is 27.9 Å². The first-order valence-electron chi connectivity index (χ1n) is 6.77. The van der Waals surface area contributed by atoms with E-state index < -0.39 is 0 Å². The highest BCUT2D eigenvalue weighted by molar-refractivity contribution is 5.20. The summed E-state index contributed by atoms with van der Waals surface area (Å²) in [6, 6.07) is 0.456. The summed E-state index contributed by atoms with van der Waals surface area (Å²) in [5.41, 5.74) is -0.0925. The number of aromatic nitrogens is 2. The van der Waals surface area contributed by atoms with Crippen molar-refractivity contribution in [3.05, 3.63) is 5.82 Å². The number of anilines is 1. The van der Waals surface area contributed by atoms with Gasteiger partial charge in [-0.05, 0) is 12.8 Å². The van der Waals surface area contributed by atoms with Crippen LogP contribution in [0.5, 0.6) is 0 Å². The first kappa shape index (κ1) is 13.3. The molecule has 0 amide bonds. The molecule has 1 aromatic rings. The van der Waals surface area contributed by atoms with Gasteiger partial charge in [-0.1, -0.05) is 38.8 Å². The molecular weight excluding hydrogens is 230 g/mol. The first-order chi connectivity index (χ1) is 8.51. The van der Waals surface area contributed by atoms with Crippen molar-refractivity contribution in [2.75, 3.05) is 11.9 Å². The van der Waals surface area contributed by atoms with Crippen molar-refractivity contribution in [2.24, 2.45) is 5.41 Å². The molecule has 5 nitrogen and oxygen atoms in total. The van der Waals surface area contributed by atoms with Gasteiger partial charge in [0.15, 0.2) is 5.82 Å². The molecule has 102 valence electrons. The molecule has 1 heterocycles. The number of hydrogen-bond donors (Lipinski definition) is 2. The van der Waals surface area contributed by atoms with Crippen LogP contribution in [0.25, 0.3) is 0 Å². The van der Waals surface area contributed by atoms with Gasteiger partial charge in [-0.3, -0.25) is 0 Å². The quantitative estimate of drug-likeness (QED) is 0.862. The van der Waals surface area contributed by atoms with E-state index >= 15 is 0 Å². The fourth-order valence-electron chi connectivity index (χ4n) is 2.41. The molecule has 0 radical (unpaired) electrons. The van der Waals surface area contributed by atoms with Gasteiger partial charge < -0.3 is 14.9 Å². The molecule has 1 fully saturated rings. The molecular formula is C13H23N3O2. The largest absolute Gasteiger partial charge is 0.392 e. The molecule has 0 aromatic carbocycles. The van der Waals surface area contributed by atoms with Gasteiger partial charge in [0, 0.05) is 17.9 Å². The summed E-state index contributed by atoms with van der Waals surface area (Å²) in [7, 11) is 0. The van der Waals surface area contributed by atoms with Crippen LogP contribution < -0.4 is 5.32 Å². The summed E-state index contributed by atoms with van der Waals surface area (Å²) in [6.45, 7) is 6.85. The number of nitrogens with one attached hydrogen (secondary N) is 1. The maximum absolute atomic E-state index is 10.1. The fourth-order valence-corrected chi connectivity index (χ4v) is 2.41. The molecule has 0 spiro atoms. The lowest BCUT2D eigenvalue weighted by Gasteiger charge is -2.38. The number of aliphatic hydroxyl groups is 1. The zero-order chi connectivity index (χ0) is 13.2. The standard InChI is InChI=1S/C13H23N3O2/c1-9(2)11-15-12(18-16-11)14-8-13(3)7-5-4-6-10(13)17/h9-10,17H,4-8H2,1-3H3,(H,14,15,16). The Labute approximate surface area is 108 Å². The summed E-state index contributed by atoms with van der Waals surface area (Å²) >= 11 is 0. The molecule has 0 bridgehead atoms. The van der Waals surface area contributed by atoms with E-state index in [1.807, 2.05) is 13.8 Å². The Hall–Kier alpha value is -1.10. The predicted octanol–water partition coefficient (Wildman–Crippen LogP) is 2.55. The first-order valence-corrected chi connectivity index (χ1v) is 6.77. The normalized spacial score (nSPS) is 28.6. The van der Waals surface area contributed by atoms with E-state index in [0.717, 1.165) is 19.3 Å². The molecule has 5 heteroatoms. The minimum Gasteiger partial charge on any atom is -0.392 e. The number of rotatable bonds is 4. The highest BCUT2D eigenvalue weighted by Gasteiger charge is 2.35. The Kier molecular flexibility index (Phi) is 3.90. The zero-order valence-corrected chi connectivity index (χ0v) is 11.4. The van der Waals surface area contributed by atoms with Crippen LogP contribution in [-0.2, 0) is 0 Å². The molecule has 2 rings (SSSR count). The van der Waals surface area contributed by atoms with Crippen molar-refractivity contribution >= 4 is 6.01 Å². The van der Waals surface area contributed by atoms with Crippen LogP contribution in [0, 0.1) is 5.41 Å². The third kappa shape index (κ3) is 2.83. The van der Waals surface area contributed by atoms with Crippen LogP contribution in [0.3, 0.4) is 0 Å². The Balaban J connectivity index is 1.93. The van der Waals surface area contributed by atoms with Gasteiger partial charge in [0.1, 0.15) is 0 Å². The lowest BCUT2D eigenvalue weighted by atomic mass is 9.73. The van der Waals surface area contributed by atoms with E-state index in [1.165, 1.54) is 6.42 Å². The zero-order valence-electron chi connectivity index (χ0n) is 11.4. The van der Waals surface area contributed by atoms with E-state index in [9.17, 15) is 5.11 Å². The van der Waals surface area contributed by atoms with E-state index in [0.29, 0.717) is 18.4 Å². The van der Waals surface area contributed by atoms with Gasteiger partial charge in [0.25, 0.3) is 0 Å². The number of aliphatic hydroxyl groups excluding tert-OH is 1. The second-order valence-corrected chi connectivity index (χ2v) is 5.88. The van der Waals surface area contributed by atoms with Gasteiger partial charge >= 0.3 is 6.01 Å². The summed E-state index contributed by atoms with van der Waals surface area (Å²) in [5.74, 6) is 0.979. The summed E-state index contributed by atoms with van der Waals surface area (Å²) < 4.78 is 5.14. The van der Waals surface area contributed by atoms with Gasteiger partial charge in [0.05, 0.1) is 6.10 Å². The molecule has 18 heavy (non-hydrogen) atoms. The smallest absolute Gasteiger partial charge is 0.321 e. The summed E-state index contributed by atoms with van der Waals surface area (Å²) in [4.78, 5) is 4.28. The molecule has 2 atom stereocenters. The van der Waals surface area contributed by atoms with Crippen molar-refractivity contribution in [3.63, 3.8) is 0 Å². The van der Waals surface area contributed by atoms with Gasteiger partial charge in [-0.15, -0.1) is 0 Å². The fraction of sp³-hybridized carbons (Fsp3) is 0.846. The highest BCUT2D eigenvalue weighted by atomic mass is 16.5. The predicted molar refractivity (Wildman–Crippen MR) is 69.5 cm³/mol. The second kappa shape index (κ2) is 5.26. The van der Waals surface area contributed by atoms with Crippen molar-refractivity contribution < 1.29 is 9.63 Å². The SMILES string of the molecule is CC(C)c1noc(NCC2(C)CCCCC2O)n1. The molecule has 1 aliphatic rings. The molecule has 1 aromatic heterocycles. The Bertz CT molecular complexity index is 391. The molecule has 2 unspecified atom stereocenters. The molecule has 1 saturated carbocycles. The van der Waals surface area contributed by atoms with Crippen LogP contribution in [0.15, 0.2) is 4.52 Å². The van der Waals surface area contributed by atoms with Gasteiger partial charge in [0.2, 0.25) is 0 Å². The topological polar surface area (TPSA) is 71.2 Å². The summed E-state index contributed by atoms with van der Waals surface area (Å²) in [6.07, 6.45) is 3.97. The van der Waals surface area contributed by atoms with E-state index in [-0.39, 0.29) is 17.4 Å². The Morgan fingerprint density at radius 3 is 2.89 bits per heavy atom. The van der Waals surface area contributed by atoms with Gasteiger partial charge in [-0.25, -0.2) is 0 Å². The monoisotopic (exact) mass is 253 g/mol. The van der Waals surface area contributed by atoms with Crippen LogP contribution in [0.4, 0.5) is 6.01 Å². The Morgan fingerprint density at radius 2 is 2.28 bits per heavy atom. The van der Waals surface area contributed by atoms with Crippen LogP contribution in [0.1, 0.15) is 58.2 Å². The van der Waals surface area contributed by atoms with Crippen LogP contribution >= 0.6 is 0 Å². The molecule has 0 saturated heterocycles. The molecule has 1 aliphatic carbocycles. The minimum atomic E-state index is -0.244. The van der Waals surface area contributed by atoms with Crippen molar-refractivity contribution in [2.45, 2.75) is 58.5 Å². The summed E-state index contributed by atoms with van der Waals surface area (Å²) in [5, 5.41) is 17.2. The van der Waals surface area contributed by atoms with E-state index in [4.69, 9.17) is 4.52 Å². The second-order valence-electron chi connectivity index (χ2n) is 5.88. The maximum Gasteiger partial charge on any atom is 0.321 e. The Morgan fingerprint density at radius 1 is 1.50 bits per heavy atom. The third-order valence-electron chi connectivity index (χ3n) is 3.88. The van der Waals surface area contributed by atoms with Crippen LogP contribution in [0.2, 0.25) is 0 Å². The maximum atomic E-state index is 10.1. The number of hydrogen-bond acceptors (Lipinski definition) is 5. The number of nitrogens with zero attached hydrogens (tertiary/aromatic N) is 2. The lowest BCUT2D eigenvalue weighted by Crippen LogP contribution is -2.41. The van der Waals surface area contributed by atoms with Crippen molar-refractivity contribution in [1.82, 2.24) is 10.1 Å². The molecule has 0 aliphatic heterocycles. The van der Waals surface area contributed by atoms with E-state index in [1.54, 1.807) is 0 Å². The van der Waals surface area contributed by atoms with E-state index in [2.05, 4.69) is 22.4 Å². The third-order valence-corrected chi connectivity index (χ3v) is 3.88. The van der Waals surface area contributed by atoms with Crippen molar-refractivity contribution in [3.8, 4) is 0 Å². The van der Waals surface area contributed by atoms with Gasteiger partial charge in [-0.2, -0.15) is 4.98 Å². The highest BCUT2D eigenvalue weighted by Crippen LogP contribution is 2.36. The lowest BCUT2D eigenvalue weighted by molar-refractivity contribution is 0.00929. The van der Waals surface area contributed by atoms with Crippen molar-refractivity contribution in [1.29, 1.82) is 0 Å². The average Bonchev–Trinajstić information content (AvgIpc) is 2.80. The molecule has 2 N–H and O–H groups in total. The minimum absolute atomic E-state index is 0.0925. The average molecular weight is 253 g/mol.